The lowest BCUT2D eigenvalue weighted by molar-refractivity contribution is 0.543. The number of anilines is 1. The first-order valence-electron chi connectivity index (χ1n) is 10.3. The lowest BCUT2D eigenvalue weighted by atomic mass is 10.0. The third-order valence-corrected chi connectivity index (χ3v) is 5.88. The molecule has 5 aromatic rings. The first-order chi connectivity index (χ1) is 14.9. The summed E-state index contributed by atoms with van der Waals surface area (Å²) in [7, 11) is 0. The van der Waals surface area contributed by atoms with E-state index in [1.54, 1.807) is 0 Å². The molecule has 0 saturated heterocycles. The predicted octanol–water partition coefficient (Wildman–Crippen LogP) is 6.27. The Labute approximate surface area is 175 Å². The molecule has 30 heavy (non-hydrogen) atoms. The Hall–Kier alpha value is -3.85. The van der Waals surface area contributed by atoms with Crippen molar-refractivity contribution in [3.8, 4) is 11.4 Å². The smallest absolute Gasteiger partial charge is 0.145 e. The Balaban J connectivity index is 1.65. The van der Waals surface area contributed by atoms with Gasteiger partial charge in [0.25, 0.3) is 0 Å². The molecule has 1 aromatic heterocycles. The van der Waals surface area contributed by atoms with Gasteiger partial charge in [-0.1, -0.05) is 84.9 Å². The Morgan fingerprint density at radius 2 is 1.33 bits per heavy atom. The number of imidazole rings is 1. The van der Waals surface area contributed by atoms with Crippen molar-refractivity contribution in [3.63, 3.8) is 0 Å². The van der Waals surface area contributed by atoms with Gasteiger partial charge in [0, 0.05) is 17.8 Å². The number of hydrogen-bond donors (Lipinski definition) is 0. The van der Waals surface area contributed by atoms with Gasteiger partial charge in [-0.2, -0.15) is 0 Å². The van der Waals surface area contributed by atoms with Gasteiger partial charge in [-0.25, -0.2) is 4.98 Å². The molecule has 2 heterocycles. The van der Waals surface area contributed by atoms with Crippen LogP contribution in [0.5, 0.6) is 0 Å². The standard InChI is InChI=1S/C27H21N3/c1-3-11-20(12-4-1)19-29-24-17-9-7-15-22(24)26-28-23-16-8-10-18-25(23)30(26)27(29)21-13-5-2-6-14-21/h1-18,27H,19H2/t27-/m0/s1. The maximum Gasteiger partial charge on any atom is 0.145 e. The highest BCUT2D eigenvalue weighted by Crippen LogP contribution is 2.45. The number of benzene rings is 4. The molecule has 6 rings (SSSR count). The van der Waals surface area contributed by atoms with Gasteiger partial charge in [-0.3, -0.25) is 4.57 Å². The van der Waals surface area contributed by atoms with E-state index in [2.05, 4.69) is 119 Å². The quantitative estimate of drug-likeness (QED) is 0.364. The lowest BCUT2D eigenvalue weighted by Gasteiger charge is -2.40. The van der Waals surface area contributed by atoms with E-state index in [1.165, 1.54) is 22.4 Å². The van der Waals surface area contributed by atoms with Crippen molar-refractivity contribution >= 4 is 16.7 Å². The van der Waals surface area contributed by atoms with Gasteiger partial charge in [0.15, 0.2) is 0 Å². The van der Waals surface area contributed by atoms with E-state index in [0.29, 0.717) is 0 Å². The first kappa shape index (κ1) is 17.0. The molecule has 1 aliphatic rings. The van der Waals surface area contributed by atoms with Gasteiger partial charge in [0.2, 0.25) is 0 Å². The minimum absolute atomic E-state index is 0.0312. The minimum Gasteiger partial charge on any atom is -0.342 e. The van der Waals surface area contributed by atoms with E-state index in [0.717, 1.165) is 23.4 Å². The van der Waals surface area contributed by atoms with Gasteiger partial charge in [-0.15, -0.1) is 0 Å². The second-order valence-corrected chi connectivity index (χ2v) is 7.71. The van der Waals surface area contributed by atoms with Crippen LogP contribution in [0.4, 0.5) is 5.69 Å². The summed E-state index contributed by atoms with van der Waals surface area (Å²) in [4.78, 5) is 7.55. The maximum absolute atomic E-state index is 5.05. The van der Waals surface area contributed by atoms with Gasteiger partial charge < -0.3 is 4.90 Å². The molecule has 144 valence electrons. The van der Waals surface area contributed by atoms with Crippen LogP contribution in [0.15, 0.2) is 109 Å². The molecule has 0 fully saturated rings. The van der Waals surface area contributed by atoms with Crippen molar-refractivity contribution in [2.75, 3.05) is 4.90 Å². The van der Waals surface area contributed by atoms with Crippen LogP contribution >= 0.6 is 0 Å². The molecule has 1 aliphatic heterocycles. The summed E-state index contributed by atoms with van der Waals surface area (Å²) >= 11 is 0. The Kier molecular flexibility index (Phi) is 3.91. The molecule has 0 spiro atoms. The average molecular weight is 387 g/mol. The zero-order chi connectivity index (χ0) is 19.9. The Bertz CT molecular complexity index is 1320. The summed E-state index contributed by atoms with van der Waals surface area (Å²) in [5.41, 5.74) is 7.14. The summed E-state index contributed by atoms with van der Waals surface area (Å²) in [6.45, 7) is 0.823. The van der Waals surface area contributed by atoms with Gasteiger partial charge >= 0.3 is 0 Å². The average Bonchev–Trinajstić information content (AvgIpc) is 3.20. The molecule has 0 N–H and O–H groups in total. The molecule has 0 amide bonds. The Morgan fingerprint density at radius 1 is 0.667 bits per heavy atom. The molecule has 0 unspecified atom stereocenters. The summed E-state index contributed by atoms with van der Waals surface area (Å²) in [6.07, 6.45) is 0.0312. The van der Waals surface area contributed by atoms with Crippen LogP contribution in [0.25, 0.3) is 22.4 Å². The number of aromatic nitrogens is 2. The van der Waals surface area contributed by atoms with Crippen LogP contribution in [0, 0.1) is 0 Å². The largest absolute Gasteiger partial charge is 0.342 e. The fourth-order valence-electron chi connectivity index (χ4n) is 4.57. The first-order valence-corrected chi connectivity index (χ1v) is 10.3. The minimum atomic E-state index is 0.0312. The second-order valence-electron chi connectivity index (χ2n) is 7.71. The summed E-state index contributed by atoms with van der Waals surface area (Å²) in [5, 5.41) is 0. The summed E-state index contributed by atoms with van der Waals surface area (Å²) in [5.74, 6) is 1.03. The van der Waals surface area contributed by atoms with E-state index >= 15 is 0 Å². The van der Waals surface area contributed by atoms with Gasteiger partial charge in [0.1, 0.15) is 12.0 Å². The van der Waals surface area contributed by atoms with Gasteiger partial charge in [-0.05, 0) is 35.4 Å². The number of fused-ring (bicyclic) bond motifs is 5. The number of para-hydroxylation sites is 3. The van der Waals surface area contributed by atoms with Crippen molar-refractivity contribution in [2.24, 2.45) is 0 Å². The van der Waals surface area contributed by atoms with Crippen LogP contribution in [0.2, 0.25) is 0 Å². The molecule has 3 heteroatoms. The maximum atomic E-state index is 5.05. The number of nitrogens with zero attached hydrogens (tertiary/aromatic N) is 3. The van der Waals surface area contributed by atoms with Crippen molar-refractivity contribution in [1.82, 2.24) is 9.55 Å². The summed E-state index contributed by atoms with van der Waals surface area (Å²) in [6, 6.07) is 38.5. The van der Waals surface area contributed by atoms with E-state index in [4.69, 9.17) is 4.98 Å². The van der Waals surface area contributed by atoms with Crippen LogP contribution < -0.4 is 4.90 Å². The topological polar surface area (TPSA) is 21.1 Å². The lowest BCUT2D eigenvalue weighted by Crippen LogP contribution is -2.36. The molecule has 0 radical (unpaired) electrons. The third kappa shape index (κ3) is 2.63. The monoisotopic (exact) mass is 387 g/mol. The van der Waals surface area contributed by atoms with Crippen molar-refractivity contribution < 1.29 is 0 Å². The molecule has 0 saturated carbocycles. The summed E-state index contributed by atoms with van der Waals surface area (Å²) < 4.78 is 2.40. The number of hydrogen-bond acceptors (Lipinski definition) is 2. The molecule has 3 nitrogen and oxygen atoms in total. The van der Waals surface area contributed by atoms with Crippen molar-refractivity contribution in [3.05, 3.63) is 120 Å². The zero-order valence-electron chi connectivity index (χ0n) is 16.5. The van der Waals surface area contributed by atoms with Crippen molar-refractivity contribution in [2.45, 2.75) is 12.7 Å². The fourth-order valence-corrected chi connectivity index (χ4v) is 4.57. The van der Waals surface area contributed by atoms with Crippen molar-refractivity contribution in [1.29, 1.82) is 0 Å². The predicted molar refractivity (Wildman–Crippen MR) is 122 cm³/mol. The molecule has 0 bridgehead atoms. The molecular weight excluding hydrogens is 366 g/mol. The molecular formula is C27H21N3. The van der Waals surface area contributed by atoms with E-state index in [9.17, 15) is 0 Å². The molecule has 4 aromatic carbocycles. The van der Waals surface area contributed by atoms with Gasteiger partial charge in [0.05, 0.1) is 11.0 Å². The zero-order valence-corrected chi connectivity index (χ0v) is 16.5. The van der Waals surface area contributed by atoms with Crippen LogP contribution in [0.1, 0.15) is 17.3 Å². The third-order valence-electron chi connectivity index (χ3n) is 5.88. The highest BCUT2D eigenvalue weighted by molar-refractivity contribution is 5.87. The SMILES string of the molecule is c1ccc(CN2c3ccccc3-c3nc4ccccc4n3[C@H]2c2ccccc2)cc1. The molecule has 0 aliphatic carbocycles. The highest BCUT2D eigenvalue weighted by Gasteiger charge is 2.34. The van der Waals surface area contributed by atoms with Crippen LogP contribution in [0.3, 0.4) is 0 Å². The molecule has 1 atom stereocenters. The van der Waals surface area contributed by atoms with Crippen LogP contribution in [-0.2, 0) is 6.54 Å². The number of rotatable bonds is 3. The Morgan fingerprint density at radius 3 is 2.17 bits per heavy atom. The highest BCUT2D eigenvalue weighted by atomic mass is 15.3. The van der Waals surface area contributed by atoms with E-state index in [1.807, 2.05) is 0 Å². The normalized spacial score (nSPS) is 15.1. The van der Waals surface area contributed by atoms with Crippen LogP contribution in [-0.4, -0.2) is 9.55 Å². The van der Waals surface area contributed by atoms with E-state index < -0.39 is 0 Å². The second kappa shape index (κ2) is 6.89. The van der Waals surface area contributed by atoms with E-state index in [-0.39, 0.29) is 6.17 Å². The fraction of sp³-hybridized carbons (Fsp3) is 0.0741.